The van der Waals surface area contributed by atoms with Crippen molar-refractivity contribution in [2.24, 2.45) is 0 Å². The van der Waals surface area contributed by atoms with E-state index in [1.165, 1.54) is 0 Å². The van der Waals surface area contributed by atoms with Crippen molar-refractivity contribution in [3.05, 3.63) is 83.3 Å². The number of benzene rings is 2. The second-order valence-corrected chi connectivity index (χ2v) is 6.49. The van der Waals surface area contributed by atoms with Gasteiger partial charge in [0.25, 0.3) is 5.91 Å². The summed E-state index contributed by atoms with van der Waals surface area (Å²) in [4.78, 5) is 14.7. The Balaban J connectivity index is 1.81. The van der Waals surface area contributed by atoms with Crippen molar-refractivity contribution in [3.63, 3.8) is 0 Å². The Morgan fingerprint density at radius 1 is 1.12 bits per heavy atom. The van der Waals surface area contributed by atoms with Crippen molar-refractivity contribution in [1.82, 2.24) is 0 Å². The molecule has 3 aromatic rings. The first kappa shape index (κ1) is 18.1. The van der Waals surface area contributed by atoms with E-state index in [0.717, 1.165) is 11.3 Å². The average Bonchev–Trinajstić information content (AvgIpc) is 3.15. The number of furan rings is 1. The number of ether oxygens (including phenoxy) is 1. The molecule has 3 rings (SSSR count). The Kier molecular flexibility index (Phi) is 5.64. The quantitative estimate of drug-likeness (QED) is 0.596. The third-order valence-electron chi connectivity index (χ3n) is 3.98. The van der Waals surface area contributed by atoms with Crippen LogP contribution in [0.4, 0.5) is 5.69 Å². The minimum atomic E-state index is -0.660. The molecule has 4 nitrogen and oxygen atoms in total. The van der Waals surface area contributed by atoms with Crippen LogP contribution in [0.5, 0.6) is 5.75 Å². The Morgan fingerprint density at radius 3 is 2.42 bits per heavy atom. The zero-order valence-corrected chi connectivity index (χ0v) is 15.4. The normalized spacial score (nSPS) is 11.8. The molecule has 0 aliphatic heterocycles. The summed E-state index contributed by atoms with van der Waals surface area (Å²) in [7, 11) is 0. The van der Waals surface area contributed by atoms with Crippen LogP contribution in [-0.2, 0) is 11.3 Å². The molecule has 0 fully saturated rings. The van der Waals surface area contributed by atoms with E-state index >= 15 is 0 Å². The van der Waals surface area contributed by atoms with Gasteiger partial charge in [-0.1, -0.05) is 29.3 Å². The number of carbonyl (C=O) groups is 1. The predicted octanol–water partition coefficient (Wildman–Crippen LogP) is 5.24. The number of rotatable bonds is 6. The van der Waals surface area contributed by atoms with Crippen LogP contribution in [0.25, 0.3) is 0 Å². The molecule has 1 amide bonds. The van der Waals surface area contributed by atoms with E-state index in [2.05, 4.69) is 0 Å². The van der Waals surface area contributed by atoms with Gasteiger partial charge in [0.05, 0.1) is 12.8 Å². The van der Waals surface area contributed by atoms with Gasteiger partial charge in [-0.3, -0.25) is 4.79 Å². The highest BCUT2D eigenvalue weighted by molar-refractivity contribution is 6.30. The predicted molar refractivity (Wildman–Crippen MR) is 103 cm³/mol. The molecule has 0 saturated heterocycles. The zero-order valence-electron chi connectivity index (χ0n) is 14.7. The summed E-state index contributed by atoms with van der Waals surface area (Å²) in [5.74, 6) is 1.15. The SMILES string of the molecule is Cc1ccc(N(Cc2ccco2)C(=O)C(C)Oc2ccc(Cl)cc2)cc1. The lowest BCUT2D eigenvalue weighted by Crippen LogP contribution is -2.40. The maximum Gasteiger partial charge on any atom is 0.268 e. The van der Waals surface area contributed by atoms with E-state index in [9.17, 15) is 4.79 Å². The lowest BCUT2D eigenvalue weighted by molar-refractivity contribution is -0.124. The summed E-state index contributed by atoms with van der Waals surface area (Å²) in [5.41, 5.74) is 1.92. The topological polar surface area (TPSA) is 42.7 Å². The molecule has 0 aliphatic rings. The monoisotopic (exact) mass is 369 g/mol. The second kappa shape index (κ2) is 8.11. The Bertz CT molecular complexity index is 842. The van der Waals surface area contributed by atoms with Crippen LogP contribution >= 0.6 is 11.6 Å². The number of carbonyl (C=O) groups excluding carboxylic acids is 1. The van der Waals surface area contributed by atoms with Crippen LogP contribution in [-0.4, -0.2) is 12.0 Å². The summed E-state index contributed by atoms with van der Waals surface area (Å²) in [6.45, 7) is 4.08. The average molecular weight is 370 g/mol. The minimum absolute atomic E-state index is 0.153. The van der Waals surface area contributed by atoms with Crippen molar-refractivity contribution in [1.29, 1.82) is 0 Å². The van der Waals surface area contributed by atoms with Crippen molar-refractivity contribution >= 4 is 23.2 Å². The van der Waals surface area contributed by atoms with E-state index in [-0.39, 0.29) is 5.91 Å². The summed E-state index contributed by atoms with van der Waals surface area (Å²) in [6, 6.07) is 18.4. The first-order valence-corrected chi connectivity index (χ1v) is 8.73. The number of amides is 1. The van der Waals surface area contributed by atoms with Gasteiger partial charge in [-0.25, -0.2) is 0 Å². The lowest BCUT2D eigenvalue weighted by Gasteiger charge is -2.25. The first-order chi connectivity index (χ1) is 12.5. The maximum atomic E-state index is 13.1. The molecule has 1 heterocycles. The molecule has 1 unspecified atom stereocenters. The van der Waals surface area contributed by atoms with Crippen LogP contribution < -0.4 is 9.64 Å². The Hall–Kier alpha value is -2.72. The highest BCUT2D eigenvalue weighted by Gasteiger charge is 2.24. The molecule has 1 aromatic heterocycles. The Morgan fingerprint density at radius 2 is 1.81 bits per heavy atom. The first-order valence-electron chi connectivity index (χ1n) is 8.35. The molecule has 0 bridgehead atoms. The van der Waals surface area contributed by atoms with Gasteiger partial charge >= 0.3 is 0 Å². The molecule has 0 radical (unpaired) electrons. The van der Waals surface area contributed by atoms with Crippen molar-refractivity contribution in [2.75, 3.05) is 4.90 Å². The molecule has 0 spiro atoms. The van der Waals surface area contributed by atoms with Crippen LogP contribution in [0.15, 0.2) is 71.3 Å². The molecule has 134 valence electrons. The molecule has 0 N–H and O–H groups in total. The molecule has 26 heavy (non-hydrogen) atoms. The molecule has 5 heteroatoms. The van der Waals surface area contributed by atoms with E-state index in [1.807, 2.05) is 37.3 Å². The van der Waals surface area contributed by atoms with Crippen molar-refractivity contribution in [3.8, 4) is 5.75 Å². The van der Waals surface area contributed by atoms with Gasteiger partial charge in [-0.05, 0) is 62.4 Å². The fourth-order valence-electron chi connectivity index (χ4n) is 2.57. The van der Waals surface area contributed by atoms with Gasteiger partial charge < -0.3 is 14.1 Å². The largest absolute Gasteiger partial charge is 0.481 e. The maximum absolute atomic E-state index is 13.1. The van der Waals surface area contributed by atoms with Gasteiger partial charge in [-0.15, -0.1) is 0 Å². The van der Waals surface area contributed by atoms with Gasteiger partial charge in [-0.2, -0.15) is 0 Å². The van der Waals surface area contributed by atoms with Crippen LogP contribution in [0.1, 0.15) is 18.2 Å². The van der Waals surface area contributed by atoms with Gasteiger partial charge in [0.1, 0.15) is 11.5 Å². The van der Waals surface area contributed by atoms with Crippen LogP contribution in [0.3, 0.4) is 0 Å². The van der Waals surface area contributed by atoms with E-state index < -0.39 is 6.10 Å². The summed E-state index contributed by atoms with van der Waals surface area (Å²) >= 11 is 5.89. The molecule has 2 aromatic carbocycles. The summed E-state index contributed by atoms with van der Waals surface area (Å²) in [5, 5.41) is 0.621. The Labute approximate surface area is 158 Å². The number of hydrogen-bond acceptors (Lipinski definition) is 3. The molecule has 1 atom stereocenters. The third-order valence-corrected chi connectivity index (χ3v) is 4.23. The highest BCUT2D eigenvalue weighted by atomic mass is 35.5. The van der Waals surface area contributed by atoms with Gasteiger partial charge in [0.2, 0.25) is 0 Å². The molecular formula is C21H20ClNO3. The lowest BCUT2D eigenvalue weighted by atomic mass is 10.2. The number of aryl methyl sites for hydroxylation is 1. The summed E-state index contributed by atoms with van der Waals surface area (Å²) in [6.07, 6.45) is 0.938. The van der Waals surface area contributed by atoms with Crippen molar-refractivity contribution < 1.29 is 13.9 Å². The van der Waals surface area contributed by atoms with E-state index in [4.69, 9.17) is 20.8 Å². The number of anilines is 1. The molecular weight excluding hydrogens is 350 g/mol. The van der Waals surface area contributed by atoms with Gasteiger partial charge in [0, 0.05) is 10.7 Å². The van der Waals surface area contributed by atoms with Crippen LogP contribution in [0, 0.1) is 6.92 Å². The zero-order chi connectivity index (χ0) is 18.5. The number of halogens is 1. The summed E-state index contributed by atoms with van der Waals surface area (Å²) < 4.78 is 11.2. The standard InChI is InChI=1S/C21H20ClNO3/c1-15-5-9-18(10-6-15)23(14-20-4-3-13-25-20)21(24)16(2)26-19-11-7-17(22)8-12-19/h3-13,16H,14H2,1-2H3. The molecule has 0 saturated carbocycles. The third kappa shape index (κ3) is 4.46. The minimum Gasteiger partial charge on any atom is -0.481 e. The fraction of sp³-hybridized carbons (Fsp3) is 0.190. The fourth-order valence-corrected chi connectivity index (χ4v) is 2.69. The molecule has 0 aliphatic carbocycles. The smallest absolute Gasteiger partial charge is 0.268 e. The number of nitrogens with zero attached hydrogens (tertiary/aromatic N) is 1. The van der Waals surface area contributed by atoms with Gasteiger partial charge in [0.15, 0.2) is 6.10 Å². The number of hydrogen-bond donors (Lipinski definition) is 0. The van der Waals surface area contributed by atoms with Crippen molar-refractivity contribution in [2.45, 2.75) is 26.5 Å². The highest BCUT2D eigenvalue weighted by Crippen LogP contribution is 2.22. The van der Waals surface area contributed by atoms with Crippen LogP contribution in [0.2, 0.25) is 5.02 Å². The van der Waals surface area contributed by atoms with E-state index in [0.29, 0.717) is 23.1 Å². The second-order valence-electron chi connectivity index (χ2n) is 6.05. The van der Waals surface area contributed by atoms with E-state index in [1.54, 1.807) is 48.4 Å².